The van der Waals surface area contributed by atoms with E-state index < -0.39 is 0 Å². The molecule has 0 radical (unpaired) electrons. The van der Waals surface area contributed by atoms with Gasteiger partial charge in [-0.25, -0.2) is 9.37 Å². The molecule has 0 saturated carbocycles. The van der Waals surface area contributed by atoms with Crippen molar-refractivity contribution in [3.05, 3.63) is 59.6 Å². The Morgan fingerprint density at radius 2 is 2.04 bits per heavy atom. The number of halogens is 2. The lowest BCUT2D eigenvalue weighted by Crippen LogP contribution is -2.17. The van der Waals surface area contributed by atoms with Crippen LogP contribution in [0.5, 0.6) is 11.5 Å². The number of thioether (sulfide) groups is 1. The molecule has 0 saturated heterocycles. The van der Waals surface area contributed by atoms with Crippen molar-refractivity contribution in [3.63, 3.8) is 0 Å². The fourth-order valence-electron chi connectivity index (χ4n) is 2.70. The number of carbonyl (C=O) groups excluding carboxylic acids is 1. The third-order valence-corrected chi connectivity index (χ3v) is 5.21. The van der Waals surface area contributed by atoms with E-state index in [4.69, 9.17) is 21.1 Å². The van der Waals surface area contributed by atoms with Gasteiger partial charge in [-0.3, -0.25) is 9.36 Å². The molecule has 0 aliphatic carbocycles. The van der Waals surface area contributed by atoms with Gasteiger partial charge in [0.2, 0.25) is 5.91 Å². The number of hydrogen-bond donors (Lipinski definition) is 1. The lowest BCUT2D eigenvalue weighted by atomic mass is 10.2. The Morgan fingerprint density at radius 3 is 2.82 bits per heavy atom. The number of benzene rings is 2. The maximum atomic E-state index is 13.5. The van der Waals surface area contributed by atoms with Crippen LogP contribution in [0.15, 0.2) is 53.9 Å². The van der Waals surface area contributed by atoms with Crippen LogP contribution in [0.4, 0.5) is 10.1 Å². The summed E-state index contributed by atoms with van der Waals surface area (Å²) >= 11 is 7.45. The number of ether oxygens (including phenoxy) is 2. The van der Waals surface area contributed by atoms with Crippen molar-refractivity contribution in [1.29, 1.82) is 0 Å². The smallest absolute Gasteiger partial charge is 0.234 e. The number of nitrogens with one attached hydrogen (secondary N) is 1. The number of amides is 1. The van der Waals surface area contributed by atoms with Gasteiger partial charge in [0.05, 0.1) is 22.2 Å². The number of anilines is 1. The van der Waals surface area contributed by atoms with E-state index in [1.807, 2.05) is 0 Å². The van der Waals surface area contributed by atoms with Gasteiger partial charge in [0.15, 0.2) is 16.7 Å². The standard InChI is InChI=1S/C19H15ClFN3O3S/c20-14-9-16-17(27-7-6-26-16)10-15(14)23-18(25)11-28-19-22-4-5-24(19)13-3-1-2-12(21)8-13/h1-5,8-10H,6-7,11H2,(H,23,25). The molecule has 9 heteroatoms. The van der Waals surface area contributed by atoms with Gasteiger partial charge in [0.1, 0.15) is 19.0 Å². The number of carbonyl (C=O) groups is 1. The molecule has 6 nitrogen and oxygen atoms in total. The molecule has 2 heterocycles. The van der Waals surface area contributed by atoms with E-state index in [1.165, 1.54) is 23.9 Å². The molecule has 0 bridgehead atoms. The number of hydrogen-bond acceptors (Lipinski definition) is 5. The van der Waals surface area contributed by atoms with Crippen molar-refractivity contribution in [2.75, 3.05) is 24.3 Å². The summed E-state index contributed by atoms with van der Waals surface area (Å²) in [5, 5.41) is 3.71. The molecule has 0 fully saturated rings. The van der Waals surface area contributed by atoms with Gasteiger partial charge in [-0.15, -0.1) is 0 Å². The highest BCUT2D eigenvalue weighted by molar-refractivity contribution is 7.99. The van der Waals surface area contributed by atoms with Crippen molar-refractivity contribution >= 4 is 35.0 Å². The van der Waals surface area contributed by atoms with Crippen molar-refractivity contribution in [3.8, 4) is 17.2 Å². The zero-order valence-corrected chi connectivity index (χ0v) is 16.1. The van der Waals surface area contributed by atoms with E-state index in [2.05, 4.69) is 10.3 Å². The number of fused-ring (bicyclic) bond motifs is 1. The second-order valence-corrected chi connectivity index (χ2v) is 7.22. The van der Waals surface area contributed by atoms with E-state index >= 15 is 0 Å². The lowest BCUT2D eigenvalue weighted by molar-refractivity contribution is -0.113. The highest BCUT2D eigenvalue weighted by Crippen LogP contribution is 2.38. The third-order valence-electron chi connectivity index (χ3n) is 3.93. The SMILES string of the molecule is O=C(CSc1nccn1-c1cccc(F)c1)Nc1cc2c(cc1Cl)OCCO2. The molecule has 1 aliphatic heterocycles. The summed E-state index contributed by atoms with van der Waals surface area (Å²) < 4.78 is 26.2. The van der Waals surface area contributed by atoms with Crippen molar-refractivity contribution in [2.45, 2.75) is 5.16 Å². The first-order valence-electron chi connectivity index (χ1n) is 8.41. The summed E-state index contributed by atoms with van der Waals surface area (Å²) in [5.74, 6) is 0.614. The zero-order valence-electron chi connectivity index (χ0n) is 14.5. The van der Waals surface area contributed by atoms with Crippen molar-refractivity contribution in [1.82, 2.24) is 9.55 Å². The topological polar surface area (TPSA) is 65.4 Å². The summed E-state index contributed by atoms with van der Waals surface area (Å²) in [6.45, 7) is 0.907. The Hall–Kier alpha value is -2.71. The number of imidazole rings is 1. The van der Waals surface area contributed by atoms with Gasteiger partial charge < -0.3 is 14.8 Å². The van der Waals surface area contributed by atoms with Gasteiger partial charge in [-0.1, -0.05) is 29.4 Å². The average molecular weight is 420 g/mol. The highest BCUT2D eigenvalue weighted by atomic mass is 35.5. The lowest BCUT2D eigenvalue weighted by Gasteiger charge is -2.20. The largest absolute Gasteiger partial charge is 0.486 e. The minimum atomic E-state index is -0.340. The van der Waals surface area contributed by atoms with E-state index in [0.717, 1.165) is 0 Å². The fraction of sp³-hybridized carbons (Fsp3) is 0.158. The van der Waals surface area contributed by atoms with Crippen LogP contribution in [0, 0.1) is 5.82 Å². The first-order valence-corrected chi connectivity index (χ1v) is 9.77. The molecule has 144 valence electrons. The molecular weight excluding hydrogens is 405 g/mol. The zero-order chi connectivity index (χ0) is 19.5. The molecule has 3 aromatic rings. The Kier molecular flexibility index (Phi) is 5.40. The molecule has 2 aromatic carbocycles. The first-order chi connectivity index (χ1) is 13.6. The van der Waals surface area contributed by atoms with Crippen LogP contribution in [-0.2, 0) is 4.79 Å². The molecule has 0 atom stereocenters. The first kappa shape index (κ1) is 18.6. The van der Waals surface area contributed by atoms with Crippen molar-refractivity contribution < 1.29 is 18.7 Å². The normalized spacial score (nSPS) is 12.6. The quantitative estimate of drug-likeness (QED) is 0.629. The van der Waals surface area contributed by atoms with Crippen LogP contribution in [-0.4, -0.2) is 34.4 Å². The number of nitrogens with zero attached hydrogens (tertiary/aromatic N) is 2. The molecule has 0 spiro atoms. The van der Waals surface area contributed by atoms with Crippen molar-refractivity contribution in [2.24, 2.45) is 0 Å². The van der Waals surface area contributed by atoms with Gasteiger partial charge in [0, 0.05) is 24.5 Å². The average Bonchev–Trinajstić information content (AvgIpc) is 3.16. The third kappa shape index (κ3) is 4.07. The van der Waals surface area contributed by atoms with E-state index in [0.29, 0.717) is 46.3 Å². The molecule has 28 heavy (non-hydrogen) atoms. The number of aromatic nitrogens is 2. The van der Waals surface area contributed by atoms with Gasteiger partial charge in [0.25, 0.3) is 0 Å². The van der Waals surface area contributed by atoms with Crippen LogP contribution in [0.3, 0.4) is 0 Å². The Balaban J connectivity index is 1.43. The predicted octanol–water partition coefficient (Wildman–Crippen LogP) is 4.17. The summed E-state index contributed by atoms with van der Waals surface area (Å²) in [6.07, 6.45) is 3.32. The van der Waals surface area contributed by atoms with E-state index in [-0.39, 0.29) is 17.5 Å². The number of rotatable bonds is 5. The second kappa shape index (κ2) is 8.12. The molecule has 4 rings (SSSR count). The van der Waals surface area contributed by atoms with Crippen LogP contribution in [0.2, 0.25) is 5.02 Å². The van der Waals surface area contributed by atoms with E-state index in [9.17, 15) is 9.18 Å². The minimum absolute atomic E-state index is 0.108. The maximum Gasteiger partial charge on any atom is 0.234 e. The van der Waals surface area contributed by atoms with E-state index in [1.54, 1.807) is 41.2 Å². The summed E-state index contributed by atoms with van der Waals surface area (Å²) in [7, 11) is 0. The van der Waals surface area contributed by atoms with Gasteiger partial charge in [-0.2, -0.15) is 0 Å². The Morgan fingerprint density at radius 1 is 1.25 bits per heavy atom. The Bertz CT molecular complexity index is 1030. The fourth-order valence-corrected chi connectivity index (χ4v) is 3.67. The maximum absolute atomic E-state index is 13.5. The molecule has 0 unspecified atom stereocenters. The minimum Gasteiger partial charge on any atom is -0.486 e. The Labute approximate surface area is 169 Å². The highest BCUT2D eigenvalue weighted by Gasteiger charge is 2.17. The van der Waals surface area contributed by atoms with Crippen LogP contribution >= 0.6 is 23.4 Å². The molecule has 1 N–H and O–H groups in total. The molecule has 1 aromatic heterocycles. The summed E-state index contributed by atoms with van der Waals surface area (Å²) in [6, 6.07) is 9.43. The van der Waals surface area contributed by atoms with Crippen LogP contribution in [0.25, 0.3) is 5.69 Å². The molecule has 1 amide bonds. The predicted molar refractivity (Wildman–Crippen MR) is 105 cm³/mol. The van der Waals surface area contributed by atoms with Gasteiger partial charge in [-0.05, 0) is 18.2 Å². The molecular formula is C19H15ClFN3O3S. The second-order valence-electron chi connectivity index (χ2n) is 5.87. The van der Waals surface area contributed by atoms with Crippen LogP contribution in [0.1, 0.15) is 0 Å². The summed E-state index contributed by atoms with van der Waals surface area (Å²) in [4.78, 5) is 16.6. The molecule has 1 aliphatic rings. The van der Waals surface area contributed by atoms with Gasteiger partial charge >= 0.3 is 0 Å². The summed E-state index contributed by atoms with van der Waals surface area (Å²) in [5.41, 5.74) is 1.08. The monoisotopic (exact) mass is 419 g/mol. The van der Waals surface area contributed by atoms with Crippen LogP contribution < -0.4 is 14.8 Å².